The fraction of sp³-hybridized carbons (Fsp3) is 0.556. The number of piperidine rings is 1. The number of hydrogen-bond donors (Lipinski definition) is 1. The maximum absolute atomic E-state index is 11.2. The molecule has 1 heterocycles. The number of benzene rings is 2. The summed E-state index contributed by atoms with van der Waals surface area (Å²) in [6.07, 6.45) is 8.37. The van der Waals surface area contributed by atoms with E-state index in [1.807, 2.05) is 6.07 Å². The number of carboxylic acids is 1. The third kappa shape index (κ3) is 5.24. The van der Waals surface area contributed by atoms with Gasteiger partial charge in [-0.25, -0.2) is 0 Å². The Hall–Kier alpha value is -2.58. The minimum Gasteiger partial charge on any atom is -0.489 e. The highest BCUT2D eigenvalue weighted by Gasteiger charge is 2.24. The van der Waals surface area contributed by atoms with E-state index in [2.05, 4.69) is 42.2 Å². The summed E-state index contributed by atoms with van der Waals surface area (Å²) in [4.78, 5) is 13.5. The van der Waals surface area contributed by atoms with Gasteiger partial charge in [-0.15, -0.1) is 0 Å². The average molecular weight is 435 g/mol. The van der Waals surface area contributed by atoms with Crippen molar-refractivity contribution in [3.05, 3.63) is 41.5 Å². The van der Waals surface area contributed by atoms with Crippen LogP contribution in [0.3, 0.4) is 0 Å². The van der Waals surface area contributed by atoms with Crippen LogP contribution in [-0.2, 0) is 11.2 Å². The summed E-state index contributed by atoms with van der Waals surface area (Å²) in [5.74, 6) is 0.674. The molecule has 0 spiro atoms. The molecule has 5 nitrogen and oxygen atoms in total. The zero-order chi connectivity index (χ0) is 22.5. The average Bonchev–Trinajstić information content (AvgIpc) is 2.83. The molecule has 0 atom stereocenters. The van der Waals surface area contributed by atoms with Crippen LogP contribution in [0.1, 0.15) is 63.0 Å². The van der Waals surface area contributed by atoms with E-state index in [-0.39, 0.29) is 12.0 Å². The van der Waals surface area contributed by atoms with Crippen molar-refractivity contribution in [2.75, 3.05) is 19.6 Å². The van der Waals surface area contributed by atoms with Crippen LogP contribution in [0.15, 0.2) is 30.3 Å². The van der Waals surface area contributed by atoms with Crippen LogP contribution in [0.4, 0.5) is 0 Å². The third-order valence-corrected chi connectivity index (χ3v) is 7.48. The Morgan fingerprint density at radius 2 is 1.84 bits per heavy atom. The molecule has 32 heavy (non-hydrogen) atoms. The van der Waals surface area contributed by atoms with Crippen molar-refractivity contribution in [1.29, 1.82) is 5.26 Å². The first-order valence-corrected chi connectivity index (χ1v) is 12.1. The third-order valence-electron chi connectivity index (χ3n) is 7.48. The maximum Gasteiger partial charge on any atom is 0.306 e. The Balaban J connectivity index is 1.43. The first-order valence-electron chi connectivity index (χ1n) is 12.1. The molecular formula is C27H34N2O3. The van der Waals surface area contributed by atoms with Gasteiger partial charge in [0.05, 0.1) is 12.0 Å². The lowest BCUT2D eigenvalue weighted by atomic mass is 9.86. The van der Waals surface area contributed by atoms with Gasteiger partial charge in [0.25, 0.3) is 0 Å². The molecule has 170 valence electrons. The standard InChI is InChI=1S/C27H34N2O3/c1-2-19-4-8-23(9-5-19)32-26-10-7-21-6-3-20(17-24(21)25(26)18-28)11-14-29-15-12-22(13-16-29)27(30)31/h3,6-7,10,17,19,22-23H,2,4-5,8-9,11-16H2,1H3,(H,30,31)/t19-,23+. The van der Waals surface area contributed by atoms with Crippen molar-refractivity contribution in [3.8, 4) is 11.8 Å². The molecule has 5 heteroatoms. The zero-order valence-electron chi connectivity index (χ0n) is 19.1. The van der Waals surface area contributed by atoms with E-state index in [9.17, 15) is 15.2 Å². The molecule has 2 fully saturated rings. The summed E-state index contributed by atoms with van der Waals surface area (Å²) >= 11 is 0. The highest BCUT2D eigenvalue weighted by atomic mass is 16.5. The zero-order valence-corrected chi connectivity index (χ0v) is 19.1. The normalized spacial score (nSPS) is 22.5. The number of rotatable bonds is 7. The largest absolute Gasteiger partial charge is 0.489 e. The molecular weight excluding hydrogens is 400 g/mol. The van der Waals surface area contributed by atoms with Gasteiger partial charge in [-0.05, 0) is 87.0 Å². The summed E-state index contributed by atoms with van der Waals surface area (Å²) in [5, 5.41) is 21.1. The summed E-state index contributed by atoms with van der Waals surface area (Å²) in [6.45, 7) is 4.85. The number of carboxylic acid groups (broad SMARTS) is 1. The van der Waals surface area contributed by atoms with E-state index >= 15 is 0 Å². The van der Waals surface area contributed by atoms with Gasteiger partial charge in [0, 0.05) is 11.9 Å². The Bertz CT molecular complexity index is 980. The van der Waals surface area contributed by atoms with Crippen LogP contribution < -0.4 is 4.74 Å². The molecule has 0 unspecified atom stereocenters. The van der Waals surface area contributed by atoms with Gasteiger partial charge in [-0.2, -0.15) is 5.26 Å². The van der Waals surface area contributed by atoms with E-state index in [0.717, 1.165) is 68.4 Å². The molecule has 0 bridgehead atoms. The second-order valence-electron chi connectivity index (χ2n) is 9.48. The van der Waals surface area contributed by atoms with E-state index in [1.54, 1.807) is 0 Å². The summed E-state index contributed by atoms with van der Waals surface area (Å²) in [5.41, 5.74) is 1.85. The van der Waals surface area contributed by atoms with Crippen LogP contribution >= 0.6 is 0 Å². The first-order chi connectivity index (χ1) is 15.6. The maximum atomic E-state index is 11.2. The monoisotopic (exact) mass is 434 g/mol. The number of ether oxygens (including phenoxy) is 1. The molecule has 0 aromatic heterocycles. The molecule has 4 rings (SSSR count). The van der Waals surface area contributed by atoms with Gasteiger partial charge in [0.1, 0.15) is 17.4 Å². The molecule has 2 aliphatic rings. The highest BCUT2D eigenvalue weighted by Crippen LogP contribution is 2.33. The smallest absolute Gasteiger partial charge is 0.306 e. The molecule has 1 saturated heterocycles. The van der Waals surface area contributed by atoms with Crippen LogP contribution in [0.25, 0.3) is 10.8 Å². The topological polar surface area (TPSA) is 73.6 Å². The highest BCUT2D eigenvalue weighted by molar-refractivity contribution is 5.90. The molecule has 1 aliphatic heterocycles. The van der Waals surface area contributed by atoms with E-state index < -0.39 is 5.97 Å². The number of hydrogen-bond acceptors (Lipinski definition) is 4. The molecule has 1 saturated carbocycles. The van der Waals surface area contributed by atoms with Gasteiger partial charge in [0.2, 0.25) is 0 Å². The number of nitriles is 1. The fourth-order valence-corrected chi connectivity index (χ4v) is 5.24. The summed E-state index contributed by atoms with van der Waals surface area (Å²) in [7, 11) is 0. The van der Waals surface area contributed by atoms with E-state index in [0.29, 0.717) is 11.3 Å². The number of nitrogens with zero attached hydrogens (tertiary/aromatic N) is 2. The minimum absolute atomic E-state index is 0.194. The van der Waals surface area contributed by atoms with Gasteiger partial charge in [-0.1, -0.05) is 31.5 Å². The van der Waals surface area contributed by atoms with Crippen LogP contribution in [0, 0.1) is 23.2 Å². The van der Waals surface area contributed by atoms with Crippen molar-refractivity contribution >= 4 is 16.7 Å². The number of carbonyl (C=O) groups is 1. The van der Waals surface area contributed by atoms with Crippen LogP contribution in [0.5, 0.6) is 5.75 Å². The number of likely N-dealkylation sites (tertiary alicyclic amines) is 1. The number of aliphatic carboxylic acids is 1. The van der Waals surface area contributed by atoms with Gasteiger partial charge in [-0.3, -0.25) is 4.79 Å². The fourth-order valence-electron chi connectivity index (χ4n) is 5.24. The van der Waals surface area contributed by atoms with E-state index in [1.165, 1.54) is 24.8 Å². The Morgan fingerprint density at radius 3 is 2.50 bits per heavy atom. The van der Waals surface area contributed by atoms with Crippen molar-refractivity contribution in [3.63, 3.8) is 0 Å². The van der Waals surface area contributed by atoms with Crippen molar-refractivity contribution in [1.82, 2.24) is 4.90 Å². The lowest BCUT2D eigenvalue weighted by molar-refractivity contribution is -0.143. The van der Waals surface area contributed by atoms with Crippen LogP contribution in [-0.4, -0.2) is 41.7 Å². The van der Waals surface area contributed by atoms with Crippen molar-refractivity contribution in [2.24, 2.45) is 11.8 Å². The molecule has 0 radical (unpaired) electrons. The quantitative estimate of drug-likeness (QED) is 0.632. The SMILES string of the molecule is CC[C@H]1CC[C@@H](Oc2ccc3ccc(CCN4CCC(C(=O)O)CC4)cc3c2C#N)CC1. The predicted octanol–water partition coefficient (Wildman–Crippen LogP) is 5.40. The molecule has 1 N–H and O–H groups in total. The predicted molar refractivity (Wildman–Crippen MR) is 126 cm³/mol. The summed E-state index contributed by atoms with van der Waals surface area (Å²) < 4.78 is 6.32. The summed E-state index contributed by atoms with van der Waals surface area (Å²) in [6, 6.07) is 12.8. The lowest BCUT2D eigenvalue weighted by Gasteiger charge is -2.30. The van der Waals surface area contributed by atoms with Crippen LogP contribution in [0.2, 0.25) is 0 Å². The van der Waals surface area contributed by atoms with Gasteiger partial charge in [0.15, 0.2) is 0 Å². The van der Waals surface area contributed by atoms with Gasteiger partial charge >= 0.3 is 5.97 Å². The Morgan fingerprint density at radius 1 is 1.12 bits per heavy atom. The Kier molecular flexibility index (Phi) is 7.32. The van der Waals surface area contributed by atoms with E-state index in [4.69, 9.17) is 4.74 Å². The molecule has 2 aromatic carbocycles. The lowest BCUT2D eigenvalue weighted by Crippen LogP contribution is -2.37. The Labute approximate surface area is 191 Å². The molecule has 0 amide bonds. The second kappa shape index (κ2) is 10.4. The molecule has 2 aromatic rings. The van der Waals surface area contributed by atoms with Crippen molar-refractivity contribution in [2.45, 2.75) is 64.4 Å². The van der Waals surface area contributed by atoms with Crippen molar-refractivity contribution < 1.29 is 14.6 Å². The second-order valence-corrected chi connectivity index (χ2v) is 9.48. The number of fused-ring (bicyclic) bond motifs is 1. The van der Waals surface area contributed by atoms with Gasteiger partial charge < -0.3 is 14.7 Å². The molecule has 1 aliphatic carbocycles. The minimum atomic E-state index is -0.667. The first kappa shape index (κ1) is 22.6.